The van der Waals surface area contributed by atoms with Crippen LogP contribution in [0.15, 0.2) is 30.6 Å². The molecule has 2 aliphatic heterocycles. The number of amides is 2. The molecule has 0 radical (unpaired) electrons. The SMILES string of the molecule is COCC1CNC(=O)[C@H]1c1ccc(C(=O)N2CCN(c3ncc(C4CC4)cc3C3CC3)CC2)cn1. The van der Waals surface area contributed by atoms with Gasteiger partial charge in [-0.15, -0.1) is 0 Å². The third kappa shape index (κ3) is 4.51. The molecule has 2 atom stereocenters. The van der Waals surface area contributed by atoms with Crippen molar-refractivity contribution in [3.05, 3.63) is 53.0 Å². The zero-order valence-corrected chi connectivity index (χ0v) is 20.3. The van der Waals surface area contributed by atoms with E-state index in [0.29, 0.717) is 43.4 Å². The summed E-state index contributed by atoms with van der Waals surface area (Å²) in [5, 5.41) is 2.89. The van der Waals surface area contributed by atoms with Crippen LogP contribution in [0.5, 0.6) is 0 Å². The molecule has 2 saturated heterocycles. The number of hydrogen-bond acceptors (Lipinski definition) is 6. The van der Waals surface area contributed by atoms with E-state index in [1.54, 1.807) is 19.4 Å². The van der Waals surface area contributed by atoms with Crippen LogP contribution in [0.2, 0.25) is 0 Å². The van der Waals surface area contributed by atoms with Gasteiger partial charge in [-0.1, -0.05) is 6.07 Å². The number of carbonyl (C=O) groups excluding carboxylic acids is 2. The summed E-state index contributed by atoms with van der Waals surface area (Å²) in [7, 11) is 1.64. The summed E-state index contributed by atoms with van der Waals surface area (Å²) in [6.45, 7) is 3.98. The van der Waals surface area contributed by atoms with Gasteiger partial charge in [0, 0.05) is 58.1 Å². The maximum absolute atomic E-state index is 13.2. The number of aromatic nitrogens is 2. The van der Waals surface area contributed by atoms with Gasteiger partial charge in [-0.2, -0.15) is 0 Å². The Morgan fingerprint density at radius 1 is 1.06 bits per heavy atom. The van der Waals surface area contributed by atoms with Crippen molar-refractivity contribution in [2.75, 3.05) is 51.3 Å². The first-order valence-corrected chi connectivity index (χ1v) is 12.9. The van der Waals surface area contributed by atoms with E-state index in [-0.39, 0.29) is 23.7 Å². The van der Waals surface area contributed by atoms with E-state index in [2.05, 4.69) is 27.5 Å². The molecule has 35 heavy (non-hydrogen) atoms. The Hall–Kier alpha value is -3.00. The lowest BCUT2D eigenvalue weighted by Crippen LogP contribution is -2.49. The standard InChI is InChI=1S/C27H33N5O3/c1-35-16-21-15-30-26(33)24(21)23-7-6-19(13-28-23)27(34)32-10-8-31(9-11-32)25-22(18-4-5-18)12-20(14-29-25)17-2-3-17/h6-7,12-14,17-18,21,24H,2-5,8-11,15-16H2,1H3,(H,30,33)/t21?,24-/m1/s1. The van der Waals surface area contributed by atoms with Gasteiger partial charge < -0.3 is 19.9 Å². The van der Waals surface area contributed by atoms with Crippen molar-refractivity contribution in [1.82, 2.24) is 20.2 Å². The van der Waals surface area contributed by atoms with Gasteiger partial charge in [-0.05, 0) is 60.8 Å². The third-order valence-corrected chi connectivity index (χ3v) is 7.87. The van der Waals surface area contributed by atoms with Gasteiger partial charge in [0.2, 0.25) is 5.91 Å². The summed E-state index contributed by atoms with van der Waals surface area (Å²) < 4.78 is 5.26. The smallest absolute Gasteiger partial charge is 0.255 e. The molecule has 4 aliphatic rings. The summed E-state index contributed by atoms with van der Waals surface area (Å²) in [5.41, 5.74) is 4.08. The lowest BCUT2D eigenvalue weighted by Gasteiger charge is -2.36. The van der Waals surface area contributed by atoms with Crippen LogP contribution in [0.4, 0.5) is 5.82 Å². The average Bonchev–Trinajstić information content (AvgIpc) is 3.82. The number of methoxy groups -OCH3 is 1. The molecule has 2 saturated carbocycles. The predicted molar refractivity (Wildman–Crippen MR) is 132 cm³/mol. The Morgan fingerprint density at radius 3 is 2.49 bits per heavy atom. The molecule has 4 fully saturated rings. The zero-order valence-electron chi connectivity index (χ0n) is 20.3. The van der Waals surface area contributed by atoms with Gasteiger partial charge in [0.1, 0.15) is 5.82 Å². The van der Waals surface area contributed by atoms with E-state index in [4.69, 9.17) is 9.72 Å². The molecule has 2 aliphatic carbocycles. The van der Waals surface area contributed by atoms with Gasteiger partial charge in [-0.3, -0.25) is 14.6 Å². The molecule has 0 spiro atoms. The van der Waals surface area contributed by atoms with E-state index >= 15 is 0 Å². The number of pyridine rings is 2. The Bertz CT molecular complexity index is 1100. The van der Waals surface area contributed by atoms with E-state index in [1.807, 2.05) is 11.0 Å². The molecule has 2 aromatic rings. The Morgan fingerprint density at radius 2 is 1.83 bits per heavy atom. The maximum atomic E-state index is 13.2. The molecule has 8 heteroatoms. The van der Waals surface area contributed by atoms with Gasteiger partial charge >= 0.3 is 0 Å². The third-order valence-electron chi connectivity index (χ3n) is 7.87. The van der Waals surface area contributed by atoms with Crippen LogP contribution in [-0.4, -0.2) is 73.1 Å². The largest absolute Gasteiger partial charge is 0.384 e. The number of rotatable bonds is 7. The van der Waals surface area contributed by atoms with Crippen molar-refractivity contribution in [3.8, 4) is 0 Å². The number of carbonyl (C=O) groups is 2. The van der Waals surface area contributed by atoms with Crippen LogP contribution >= 0.6 is 0 Å². The van der Waals surface area contributed by atoms with Crippen molar-refractivity contribution in [2.24, 2.45) is 5.92 Å². The fourth-order valence-electron chi connectivity index (χ4n) is 5.53. The number of piperazine rings is 1. The lowest BCUT2D eigenvalue weighted by molar-refractivity contribution is -0.120. The fraction of sp³-hybridized carbons (Fsp3) is 0.556. The van der Waals surface area contributed by atoms with Gasteiger partial charge in [0.05, 0.1) is 23.8 Å². The Kier molecular flexibility index (Phi) is 5.92. The van der Waals surface area contributed by atoms with E-state index < -0.39 is 0 Å². The molecular weight excluding hydrogens is 442 g/mol. The second-order valence-electron chi connectivity index (χ2n) is 10.4. The molecule has 184 valence electrons. The highest BCUT2D eigenvalue weighted by Crippen LogP contribution is 2.47. The molecule has 2 amide bonds. The number of ether oxygens (including phenoxy) is 1. The minimum absolute atomic E-state index is 0.00697. The van der Waals surface area contributed by atoms with Crippen LogP contribution in [0.25, 0.3) is 0 Å². The molecule has 0 aromatic carbocycles. The minimum Gasteiger partial charge on any atom is -0.384 e. The molecule has 1 unspecified atom stereocenters. The van der Waals surface area contributed by atoms with Gasteiger partial charge in [0.15, 0.2) is 0 Å². The molecular formula is C27H33N5O3. The van der Waals surface area contributed by atoms with E-state index in [9.17, 15) is 9.59 Å². The van der Waals surface area contributed by atoms with E-state index in [1.165, 1.54) is 36.8 Å². The number of hydrogen-bond donors (Lipinski definition) is 1. The topological polar surface area (TPSA) is 87.7 Å². The van der Waals surface area contributed by atoms with Crippen LogP contribution in [-0.2, 0) is 9.53 Å². The van der Waals surface area contributed by atoms with Gasteiger partial charge in [0.25, 0.3) is 5.91 Å². The van der Waals surface area contributed by atoms with Crippen molar-refractivity contribution in [2.45, 2.75) is 43.4 Å². The monoisotopic (exact) mass is 475 g/mol. The molecule has 4 heterocycles. The fourth-order valence-corrected chi connectivity index (χ4v) is 5.53. The number of anilines is 1. The zero-order chi connectivity index (χ0) is 23.9. The molecule has 0 bridgehead atoms. The second-order valence-corrected chi connectivity index (χ2v) is 10.4. The van der Waals surface area contributed by atoms with Crippen LogP contribution < -0.4 is 10.2 Å². The minimum atomic E-state index is -0.331. The highest BCUT2D eigenvalue weighted by molar-refractivity contribution is 5.94. The van der Waals surface area contributed by atoms with Crippen molar-refractivity contribution < 1.29 is 14.3 Å². The first kappa shape index (κ1) is 22.5. The van der Waals surface area contributed by atoms with Crippen molar-refractivity contribution in [1.29, 1.82) is 0 Å². The van der Waals surface area contributed by atoms with Gasteiger partial charge in [-0.25, -0.2) is 4.98 Å². The molecule has 6 rings (SSSR count). The summed E-state index contributed by atoms with van der Waals surface area (Å²) in [6, 6.07) is 6.02. The van der Waals surface area contributed by atoms with Crippen LogP contribution in [0.1, 0.15) is 70.6 Å². The molecule has 8 nitrogen and oxygen atoms in total. The Labute approximate surface area is 206 Å². The number of nitrogens with one attached hydrogen (secondary N) is 1. The quantitative estimate of drug-likeness (QED) is 0.663. The van der Waals surface area contributed by atoms with Crippen LogP contribution in [0, 0.1) is 5.92 Å². The second kappa shape index (κ2) is 9.22. The first-order chi connectivity index (χ1) is 17.1. The van der Waals surface area contributed by atoms with Crippen LogP contribution in [0.3, 0.4) is 0 Å². The molecule has 1 N–H and O–H groups in total. The lowest BCUT2D eigenvalue weighted by atomic mass is 9.92. The maximum Gasteiger partial charge on any atom is 0.255 e. The number of nitrogens with zero attached hydrogens (tertiary/aromatic N) is 4. The Balaban J connectivity index is 1.10. The highest BCUT2D eigenvalue weighted by atomic mass is 16.5. The van der Waals surface area contributed by atoms with E-state index in [0.717, 1.165) is 24.8 Å². The molecule has 2 aromatic heterocycles. The first-order valence-electron chi connectivity index (χ1n) is 12.9. The summed E-state index contributed by atoms with van der Waals surface area (Å²) in [5.74, 6) is 2.19. The summed E-state index contributed by atoms with van der Waals surface area (Å²) >= 11 is 0. The highest BCUT2D eigenvalue weighted by Gasteiger charge is 2.37. The van der Waals surface area contributed by atoms with Crippen molar-refractivity contribution >= 4 is 17.6 Å². The average molecular weight is 476 g/mol. The predicted octanol–water partition coefficient (Wildman–Crippen LogP) is 2.67. The van der Waals surface area contributed by atoms with Crippen molar-refractivity contribution in [3.63, 3.8) is 0 Å². The normalized spacial score (nSPS) is 24.5. The summed E-state index contributed by atoms with van der Waals surface area (Å²) in [4.78, 5) is 39.1. The summed E-state index contributed by atoms with van der Waals surface area (Å²) in [6.07, 6.45) is 8.80.